The number of para-hydroxylation sites is 3. The van der Waals surface area contributed by atoms with Crippen LogP contribution in [0.15, 0.2) is 158 Å². The first kappa shape index (κ1) is 37.3. The quantitative estimate of drug-likeness (QED) is 0.162. The van der Waals surface area contributed by atoms with E-state index in [2.05, 4.69) is 221 Å². The van der Waals surface area contributed by atoms with Gasteiger partial charge in [-0.3, -0.25) is 4.57 Å². The SMILES string of the molecule is CC(C)(C)c1cc(Oc2ccc3c4ccccc4n(-c4cc(C(C)(C)C)ccn4)c3c2)cc(N2CN(c3cccc(C(C)(C)c4ccccc4)c3)c3ccccc32)c1. The van der Waals surface area contributed by atoms with E-state index in [4.69, 9.17) is 9.72 Å². The Hall–Kier alpha value is -6.33. The van der Waals surface area contributed by atoms with Crippen LogP contribution in [0.4, 0.5) is 22.7 Å². The molecule has 0 atom stereocenters. The van der Waals surface area contributed by atoms with Crippen molar-refractivity contribution in [3.05, 3.63) is 180 Å². The van der Waals surface area contributed by atoms with Crippen molar-refractivity contribution in [3.8, 4) is 17.3 Å². The number of benzene rings is 6. The monoisotopic (exact) mass is 760 g/mol. The molecule has 5 nitrogen and oxygen atoms in total. The average Bonchev–Trinajstić information content (AvgIpc) is 3.77. The lowest BCUT2D eigenvalue weighted by Crippen LogP contribution is -2.25. The second-order valence-electron chi connectivity index (χ2n) is 18.3. The molecular formula is C53H52N4O. The fourth-order valence-electron chi connectivity index (χ4n) is 8.38. The lowest BCUT2D eigenvalue weighted by Gasteiger charge is -2.29. The molecule has 0 spiro atoms. The van der Waals surface area contributed by atoms with Gasteiger partial charge in [-0.15, -0.1) is 0 Å². The number of hydrogen-bond acceptors (Lipinski definition) is 4. The lowest BCUT2D eigenvalue weighted by molar-refractivity contribution is 0.479. The highest BCUT2D eigenvalue weighted by Gasteiger charge is 2.31. The van der Waals surface area contributed by atoms with E-state index >= 15 is 0 Å². The number of fused-ring (bicyclic) bond motifs is 4. The largest absolute Gasteiger partial charge is 0.457 e. The zero-order valence-electron chi connectivity index (χ0n) is 34.9. The van der Waals surface area contributed by atoms with E-state index in [1.807, 2.05) is 6.20 Å². The molecule has 0 saturated carbocycles. The van der Waals surface area contributed by atoms with Crippen LogP contribution in [0.25, 0.3) is 27.6 Å². The molecule has 0 N–H and O–H groups in total. The summed E-state index contributed by atoms with van der Waals surface area (Å²) < 4.78 is 9.18. The van der Waals surface area contributed by atoms with E-state index in [0.717, 1.165) is 34.0 Å². The van der Waals surface area contributed by atoms with Crippen molar-refractivity contribution >= 4 is 44.6 Å². The van der Waals surface area contributed by atoms with E-state index in [0.29, 0.717) is 6.67 Å². The van der Waals surface area contributed by atoms with Crippen molar-refractivity contribution in [2.75, 3.05) is 16.5 Å². The summed E-state index contributed by atoms with van der Waals surface area (Å²) in [6, 6.07) is 54.6. The minimum absolute atomic E-state index is 0.00327. The number of anilines is 4. The molecule has 8 aromatic rings. The van der Waals surface area contributed by atoms with Crippen molar-refractivity contribution in [2.24, 2.45) is 0 Å². The molecule has 3 heterocycles. The summed E-state index contributed by atoms with van der Waals surface area (Å²) in [5.41, 5.74) is 11.6. The van der Waals surface area contributed by atoms with E-state index in [9.17, 15) is 0 Å². The van der Waals surface area contributed by atoms with Crippen LogP contribution >= 0.6 is 0 Å². The number of nitrogens with zero attached hydrogens (tertiary/aromatic N) is 4. The molecule has 1 aliphatic rings. The third-order valence-electron chi connectivity index (χ3n) is 11.9. The molecule has 0 fully saturated rings. The minimum atomic E-state index is -0.145. The van der Waals surface area contributed by atoms with Crippen LogP contribution in [0.2, 0.25) is 0 Å². The van der Waals surface area contributed by atoms with Crippen molar-refractivity contribution < 1.29 is 4.74 Å². The number of ether oxygens (including phenoxy) is 1. The standard InChI is InChI=1S/C53H52N4O/c1-51(2,3)37-27-28-54-50(32-37)57-46-22-13-12-21-44(46)45-26-25-42(34-49(45)57)58-43-31-39(52(4,5)6)30-41(33-43)56-35-55(47-23-14-15-24-48(47)56)40-20-16-19-38(29-40)53(7,8)36-17-10-9-11-18-36/h9-34H,35H2,1-8H3. The molecule has 0 radical (unpaired) electrons. The second-order valence-corrected chi connectivity index (χ2v) is 18.3. The van der Waals surface area contributed by atoms with E-state index in [-0.39, 0.29) is 16.2 Å². The number of aromatic nitrogens is 2. The molecule has 6 aromatic carbocycles. The predicted octanol–water partition coefficient (Wildman–Crippen LogP) is 14.1. The predicted molar refractivity (Wildman–Crippen MR) is 243 cm³/mol. The molecule has 5 heteroatoms. The van der Waals surface area contributed by atoms with Gasteiger partial charge in [0.25, 0.3) is 0 Å². The Bertz CT molecular complexity index is 2800. The smallest absolute Gasteiger partial charge is 0.137 e. The van der Waals surface area contributed by atoms with E-state index in [1.54, 1.807) is 0 Å². The molecule has 0 bridgehead atoms. The van der Waals surface area contributed by atoms with Crippen LogP contribution in [-0.2, 0) is 16.2 Å². The maximum Gasteiger partial charge on any atom is 0.137 e. The molecule has 0 unspecified atom stereocenters. The summed E-state index contributed by atoms with van der Waals surface area (Å²) in [5, 5.41) is 2.36. The van der Waals surface area contributed by atoms with Crippen LogP contribution in [0, 0.1) is 0 Å². The van der Waals surface area contributed by atoms with Crippen LogP contribution in [0.3, 0.4) is 0 Å². The molecule has 0 amide bonds. The molecule has 0 saturated heterocycles. The summed E-state index contributed by atoms with van der Waals surface area (Å²) in [6.45, 7) is 18.8. The first-order valence-corrected chi connectivity index (χ1v) is 20.4. The number of hydrogen-bond donors (Lipinski definition) is 0. The zero-order valence-corrected chi connectivity index (χ0v) is 34.9. The normalized spacial score (nSPS) is 13.4. The fraction of sp³-hybridized carbons (Fsp3) is 0.226. The lowest BCUT2D eigenvalue weighted by atomic mass is 9.78. The van der Waals surface area contributed by atoms with Gasteiger partial charge in [-0.1, -0.05) is 128 Å². The Morgan fingerprint density at radius 1 is 0.466 bits per heavy atom. The van der Waals surface area contributed by atoms with E-state index in [1.165, 1.54) is 50.1 Å². The molecule has 9 rings (SSSR count). The van der Waals surface area contributed by atoms with Crippen molar-refractivity contribution in [1.29, 1.82) is 0 Å². The molecule has 0 aliphatic carbocycles. The first-order chi connectivity index (χ1) is 27.8. The summed E-state index contributed by atoms with van der Waals surface area (Å²) in [5.74, 6) is 2.49. The fourth-order valence-corrected chi connectivity index (χ4v) is 8.38. The van der Waals surface area contributed by atoms with Gasteiger partial charge in [0.15, 0.2) is 0 Å². The summed E-state index contributed by atoms with van der Waals surface area (Å²) >= 11 is 0. The van der Waals surface area contributed by atoms with Crippen LogP contribution in [0.1, 0.15) is 77.6 Å². The Balaban J connectivity index is 1.10. The third kappa shape index (κ3) is 6.68. The molecular weight excluding hydrogens is 709 g/mol. The molecule has 58 heavy (non-hydrogen) atoms. The average molecular weight is 761 g/mol. The Morgan fingerprint density at radius 3 is 1.84 bits per heavy atom. The van der Waals surface area contributed by atoms with Gasteiger partial charge in [-0.25, -0.2) is 4.98 Å². The van der Waals surface area contributed by atoms with Crippen LogP contribution in [-0.4, -0.2) is 16.2 Å². The Kier molecular flexibility index (Phi) is 8.96. The van der Waals surface area contributed by atoms with Gasteiger partial charge < -0.3 is 14.5 Å². The van der Waals surface area contributed by atoms with Crippen molar-refractivity contribution in [1.82, 2.24) is 9.55 Å². The second kappa shape index (κ2) is 13.9. The summed E-state index contributed by atoms with van der Waals surface area (Å²) in [7, 11) is 0. The number of pyridine rings is 1. The Morgan fingerprint density at radius 2 is 1.10 bits per heavy atom. The molecule has 290 valence electrons. The highest BCUT2D eigenvalue weighted by Crippen LogP contribution is 2.47. The van der Waals surface area contributed by atoms with Gasteiger partial charge in [-0.05, 0) is 99.8 Å². The van der Waals surface area contributed by atoms with Gasteiger partial charge in [0.1, 0.15) is 24.0 Å². The minimum Gasteiger partial charge on any atom is -0.457 e. The van der Waals surface area contributed by atoms with Gasteiger partial charge in [-0.2, -0.15) is 0 Å². The first-order valence-electron chi connectivity index (χ1n) is 20.4. The number of rotatable bonds is 7. The molecule has 1 aliphatic heterocycles. The van der Waals surface area contributed by atoms with Gasteiger partial charge >= 0.3 is 0 Å². The van der Waals surface area contributed by atoms with E-state index < -0.39 is 0 Å². The molecule has 2 aromatic heterocycles. The highest BCUT2D eigenvalue weighted by atomic mass is 16.5. The Labute approximate surface area is 343 Å². The van der Waals surface area contributed by atoms with Gasteiger partial charge in [0, 0.05) is 45.9 Å². The summed E-state index contributed by atoms with van der Waals surface area (Å²) in [6.07, 6.45) is 1.93. The van der Waals surface area contributed by atoms with Gasteiger partial charge in [0.05, 0.1) is 22.4 Å². The maximum atomic E-state index is 6.91. The highest BCUT2D eigenvalue weighted by molar-refractivity contribution is 6.09. The topological polar surface area (TPSA) is 33.5 Å². The zero-order chi connectivity index (χ0) is 40.4. The van der Waals surface area contributed by atoms with Gasteiger partial charge in [0.2, 0.25) is 0 Å². The third-order valence-corrected chi connectivity index (χ3v) is 11.9. The maximum absolute atomic E-state index is 6.91. The van der Waals surface area contributed by atoms with Crippen molar-refractivity contribution in [3.63, 3.8) is 0 Å². The summed E-state index contributed by atoms with van der Waals surface area (Å²) in [4.78, 5) is 9.74. The van der Waals surface area contributed by atoms with Crippen LogP contribution in [0.5, 0.6) is 11.5 Å². The van der Waals surface area contributed by atoms with Crippen LogP contribution < -0.4 is 14.5 Å². The van der Waals surface area contributed by atoms with Crippen molar-refractivity contribution in [2.45, 2.75) is 71.6 Å².